The van der Waals surface area contributed by atoms with Gasteiger partial charge in [-0.25, -0.2) is 0 Å². The van der Waals surface area contributed by atoms with Gasteiger partial charge in [0, 0.05) is 18.6 Å². The van der Waals surface area contributed by atoms with Gasteiger partial charge in [0.1, 0.15) is 0 Å². The van der Waals surface area contributed by atoms with Crippen molar-refractivity contribution in [2.24, 2.45) is 0 Å². The summed E-state index contributed by atoms with van der Waals surface area (Å²) in [6, 6.07) is 53.5. The van der Waals surface area contributed by atoms with Gasteiger partial charge in [-0.3, -0.25) is 4.98 Å². The highest BCUT2D eigenvalue weighted by Gasteiger charge is 2.40. The van der Waals surface area contributed by atoms with Gasteiger partial charge in [0.05, 0.1) is 5.72 Å². The van der Waals surface area contributed by atoms with Crippen LogP contribution < -0.4 is 21.3 Å². The van der Waals surface area contributed by atoms with Gasteiger partial charge in [-0.1, -0.05) is 153 Å². The van der Waals surface area contributed by atoms with Crippen LogP contribution in [0.25, 0.3) is 0 Å². The van der Waals surface area contributed by atoms with E-state index in [4.69, 9.17) is 4.98 Å². The zero-order valence-electron chi connectivity index (χ0n) is 23.6. The molecule has 4 heteroatoms. The maximum atomic E-state index is 4.98. The highest BCUT2D eigenvalue weighted by Crippen LogP contribution is 2.23. The van der Waals surface area contributed by atoms with Crippen molar-refractivity contribution in [3.63, 3.8) is 0 Å². The predicted molar refractivity (Wildman–Crippen MR) is 177 cm³/mol. The molecule has 0 saturated heterocycles. The summed E-state index contributed by atoms with van der Waals surface area (Å²) >= 11 is 0. The zero-order valence-corrected chi connectivity index (χ0v) is 24.6. The summed E-state index contributed by atoms with van der Waals surface area (Å²) in [6.07, 6.45) is 6.10. The Balaban J connectivity index is 1.48. The Morgan fingerprint density at radius 1 is 0.610 bits per heavy atom. The Labute approximate surface area is 245 Å². The number of rotatable bonds is 10. The van der Waals surface area contributed by atoms with E-state index in [-0.39, 0.29) is 5.82 Å². The zero-order chi connectivity index (χ0) is 27.9. The first-order valence-electron chi connectivity index (χ1n) is 14.6. The normalized spacial score (nSPS) is 11.5. The molecule has 1 aromatic heterocycles. The number of aromatic nitrogens is 2. The predicted octanol–water partition coefficient (Wildman–Crippen LogP) is 5.01. The van der Waals surface area contributed by atoms with Gasteiger partial charge >= 0.3 is 0 Å². The molecule has 0 amide bonds. The van der Waals surface area contributed by atoms with Gasteiger partial charge in [-0.05, 0) is 44.5 Å². The molecule has 41 heavy (non-hydrogen) atoms. The van der Waals surface area contributed by atoms with E-state index in [1.807, 2.05) is 6.20 Å². The third-order valence-corrected chi connectivity index (χ3v) is 13.2. The van der Waals surface area contributed by atoms with E-state index in [0.29, 0.717) is 0 Å². The minimum absolute atomic E-state index is 0.229. The van der Waals surface area contributed by atoms with Crippen molar-refractivity contribution < 1.29 is 0 Å². The number of nitrogens with zero attached hydrogens (tertiary/aromatic N) is 2. The molecule has 5 aromatic carbocycles. The Morgan fingerprint density at radius 3 is 1.56 bits per heavy atom. The Morgan fingerprint density at radius 2 is 1.07 bits per heavy atom. The molecule has 0 atom stereocenters. The van der Waals surface area contributed by atoms with Crippen LogP contribution in [0.4, 0.5) is 0 Å². The third kappa shape index (κ3) is 5.61. The maximum Gasteiger partial charge on any atom is 0.217 e. The molecule has 0 aliphatic heterocycles. The van der Waals surface area contributed by atoms with Crippen molar-refractivity contribution in [1.29, 1.82) is 0 Å². The minimum Gasteiger partial charge on any atom is -0.345 e. The average molecular weight is 547 g/mol. The molecular formula is C37H35BN2Si. The number of benzene rings is 5. The van der Waals surface area contributed by atoms with Crippen molar-refractivity contribution in [1.82, 2.24) is 9.55 Å². The average Bonchev–Trinajstić information content (AvgIpc) is 3.50. The lowest BCUT2D eigenvalue weighted by Crippen LogP contribution is -2.70. The van der Waals surface area contributed by atoms with Crippen molar-refractivity contribution >= 4 is 36.6 Å². The van der Waals surface area contributed by atoms with Crippen LogP contribution in [0.1, 0.15) is 29.4 Å². The second kappa shape index (κ2) is 12.4. The summed E-state index contributed by atoms with van der Waals surface area (Å²) in [4.78, 5) is 4.98. The van der Waals surface area contributed by atoms with E-state index in [1.54, 1.807) is 0 Å². The van der Waals surface area contributed by atoms with E-state index >= 15 is 0 Å². The molecule has 200 valence electrons. The van der Waals surface area contributed by atoms with Crippen LogP contribution in [0.5, 0.6) is 0 Å². The molecule has 6 aromatic rings. The summed E-state index contributed by atoms with van der Waals surface area (Å²) in [7, 11) is -1.64. The summed E-state index contributed by atoms with van der Waals surface area (Å²) in [5, 5.41) is 4.25. The Bertz CT molecular complexity index is 1570. The van der Waals surface area contributed by atoms with Crippen LogP contribution in [0.15, 0.2) is 158 Å². The molecule has 6 rings (SSSR count). The van der Waals surface area contributed by atoms with Crippen molar-refractivity contribution in [2.75, 3.05) is 0 Å². The summed E-state index contributed by atoms with van der Waals surface area (Å²) in [6.45, 7) is 2.22. The van der Waals surface area contributed by atoms with Gasteiger partial charge in [0.2, 0.25) is 7.28 Å². The number of imidazole rings is 1. The number of hydrogen-bond donors (Lipinski definition) is 0. The first-order valence-corrected chi connectivity index (χ1v) is 16.8. The maximum absolute atomic E-state index is 4.98. The largest absolute Gasteiger partial charge is 0.345 e. The first kappa shape index (κ1) is 26.8. The second-order valence-corrected chi connectivity index (χ2v) is 14.6. The monoisotopic (exact) mass is 546 g/mol. The molecule has 0 unspecified atom stereocenters. The fourth-order valence-electron chi connectivity index (χ4n) is 6.16. The van der Waals surface area contributed by atoms with Crippen molar-refractivity contribution in [3.8, 4) is 0 Å². The molecule has 0 N–H and O–H groups in total. The van der Waals surface area contributed by atoms with E-state index in [2.05, 4.69) is 163 Å². The van der Waals surface area contributed by atoms with E-state index in [0.717, 1.165) is 25.6 Å². The second-order valence-electron chi connectivity index (χ2n) is 10.7. The molecule has 2 nitrogen and oxygen atoms in total. The van der Waals surface area contributed by atoms with Crippen LogP contribution in [-0.4, -0.2) is 24.9 Å². The lowest BCUT2D eigenvalue weighted by atomic mass is 9.58. The fourth-order valence-corrected chi connectivity index (χ4v) is 10.8. The first-order chi connectivity index (χ1) is 20.3. The molecule has 0 bridgehead atoms. The van der Waals surface area contributed by atoms with Gasteiger partial charge in [0.25, 0.3) is 0 Å². The Kier molecular flexibility index (Phi) is 8.11. The van der Waals surface area contributed by atoms with Gasteiger partial charge < -0.3 is 4.57 Å². The molecule has 1 heterocycles. The summed E-state index contributed by atoms with van der Waals surface area (Å²) < 4.78 is 2.44. The fraction of sp³-hybridized carbons (Fsp3) is 0.108. The minimum atomic E-state index is -2.48. The molecule has 0 fully saturated rings. The summed E-state index contributed by atoms with van der Waals surface area (Å²) in [5.74, 6) is 0.229. The van der Waals surface area contributed by atoms with E-state index in [9.17, 15) is 0 Å². The van der Waals surface area contributed by atoms with Crippen LogP contribution in [-0.2, 0) is 12.6 Å². The lowest BCUT2D eigenvalue weighted by Gasteiger charge is -2.35. The van der Waals surface area contributed by atoms with Crippen LogP contribution in [0, 0.1) is 0 Å². The van der Waals surface area contributed by atoms with Gasteiger partial charge in [-0.2, -0.15) is 0 Å². The standard InChI is InChI=1S/C37H35BN2Si/c1-2-30-23-25-35(26-24-30)41(33-19-11-5-12-20-33,34-21-13-6-14-22-34)29-40-28-27-39-37(40)38-36(31-15-7-3-8-16-31)32-17-9-4-10-18-32/h3-28,36,38H,2,29H2,1H3. The molecule has 0 radical (unpaired) electrons. The summed E-state index contributed by atoms with van der Waals surface area (Å²) in [5.41, 5.74) is 5.13. The van der Waals surface area contributed by atoms with Gasteiger partial charge in [0.15, 0.2) is 8.07 Å². The third-order valence-electron chi connectivity index (χ3n) is 8.39. The number of aryl methyl sites for hydroxylation is 1. The van der Waals surface area contributed by atoms with Crippen molar-refractivity contribution in [2.45, 2.75) is 25.3 Å². The van der Waals surface area contributed by atoms with E-state index in [1.165, 1.54) is 32.3 Å². The molecule has 0 spiro atoms. The molecular weight excluding hydrogens is 511 g/mol. The molecule has 0 aliphatic rings. The van der Waals surface area contributed by atoms with Crippen LogP contribution in [0.2, 0.25) is 0 Å². The van der Waals surface area contributed by atoms with Crippen molar-refractivity contribution in [3.05, 3.63) is 175 Å². The number of hydrogen-bond acceptors (Lipinski definition) is 1. The smallest absolute Gasteiger partial charge is 0.217 e. The Hall–Kier alpha value is -4.41. The quantitative estimate of drug-likeness (QED) is 0.175. The van der Waals surface area contributed by atoms with Gasteiger partial charge in [-0.15, -0.1) is 0 Å². The highest BCUT2D eigenvalue weighted by molar-refractivity contribution is 7.10. The lowest BCUT2D eigenvalue weighted by molar-refractivity contribution is 0.889. The van der Waals surface area contributed by atoms with Crippen LogP contribution >= 0.6 is 0 Å². The molecule has 0 saturated carbocycles. The molecule has 0 aliphatic carbocycles. The van der Waals surface area contributed by atoms with E-state index < -0.39 is 8.07 Å². The SMILES string of the molecule is CCc1ccc([Si](Cn2ccnc2BC(c2ccccc2)c2ccccc2)(c2ccccc2)c2ccccc2)cc1. The topological polar surface area (TPSA) is 17.8 Å². The van der Waals surface area contributed by atoms with Crippen LogP contribution in [0.3, 0.4) is 0 Å². The highest BCUT2D eigenvalue weighted by atomic mass is 28.3.